The number of furan rings is 1. The van der Waals surface area contributed by atoms with Crippen LogP contribution in [0.5, 0.6) is 0 Å². The molecule has 12 aromatic carbocycles. The van der Waals surface area contributed by atoms with Gasteiger partial charge >= 0.3 is 0 Å². The highest BCUT2D eigenvalue weighted by Gasteiger charge is 2.25. The minimum atomic E-state index is 0.900. The van der Waals surface area contributed by atoms with E-state index in [1.54, 1.807) is 0 Å². The van der Waals surface area contributed by atoms with Crippen LogP contribution in [0.2, 0.25) is 0 Å². The van der Waals surface area contributed by atoms with Crippen LogP contribution in [0, 0.1) is 6.92 Å². The lowest BCUT2D eigenvalue weighted by Crippen LogP contribution is -1.95. The molecule has 0 fully saturated rings. The lowest BCUT2D eigenvalue weighted by atomic mass is 9.82. The largest absolute Gasteiger partial charge is 0.456 e. The van der Waals surface area contributed by atoms with E-state index >= 15 is 0 Å². The SMILES string of the molecule is Cc1cc(-c2c(-c3ccc4oc5ccccc5c4c3)cccc2-c2ccc3sc4ccccc4c3c2)ccc1-c1c2ccccc2c(-c2ccc3c4c(cccc24)-c2ccccc2-3)c2ccccc12. The molecule has 1 aliphatic carbocycles. The number of para-hydroxylation sites is 1. The van der Waals surface area contributed by atoms with Gasteiger partial charge in [-0.15, -0.1) is 11.3 Å². The van der Waals surface area contributed by atoms with Crippen LogP contribution in [0.15, 0.2) is 229 Å². The molecule has 0 spiro atoms. The van der Waals surface area contributed by atoms with E-state index in [9.17, 15) is 0 Å². The smallest absolute Gasteiger partial charge is 0.135 e. The van der Waals surface area contributed by atoms with Crippen LogP contribution in [-0.4, -0.2) is 0 Å². The molecule has 2 heterocycles. The predicted octanol–water partition coefficient (Wildman–Crippen LogP) is 19.7. The summed E-state index contributed by atoms with van der Waals surface area (Å²) >= 11 is 1.86. The molecule has 0 atom stereocenters. The molecule has 0 bridgehead atoms. The molecule has 0 N–H and O–H groups in total. The molecule has 0 saturated heterocycles. The Kier molecular flexibility index (Phi) is 8.22. The van der Waals surface area contributed by atoms with Gasteiger partial charge in [0.2, 0.25) is 0 Å². The maximum absolute atomic E-state index is 6.33. The van der Waals surface area contributed by atoms with E-state index in [1.807, 2.05) is 17.4 Å². The van der Waals surface area contributed by atoms with Crippen molar-refractivity contribution in [2.24, 2.45) is 0 Å². The Hall–Kier alpha value is -8.56. The van der Waals surface area contributed by atoms with Crippen molar-refractivity contribution in [1.82, 2.24) is 0 Å². The second-order valence-corrected chi connectivity index (χ2v) is 19.7. The number of thiophene rings is 1. The zero-order valence-corrected chi connectivity index (χ0v) is 38.5. The molecule has 320 valence electrons. The summed E-state index contributed by atoms with van der Waals surface area (Å²) in [6.45, 7) is 2.30. The van der Waals surface area contributed by atoms with E-state index < -0.39 is 0 Å². The molecule has 69 heavy (non-hydrogen) atoms. The molecule has 0 unspecified atom stereocenters. The maximum Gasteiger partial charge on any atom is 0.135 e. The quantitative estimate of drug-likeness (QED) is 0.157. The Morgan fingerprint density at radius 2 is 0.754 bits per heavy atom. The van der Waals surface area contributed by atoms with Gasteiger partial charge in [-0.3, -0.25) is 0 Å². The molecule has 1 aliphatic rings. The second-order valence-electron chi connectivity index (χ2n) is 18.7. The van der Waals surface area contributed by atoms with Gasteiger partial charge in [0.15, 0.2) is 0 Å². The molecule has 0 aliphatic heterocycles. The average molecular weight is 893 g/mol. The van der Waals surface area contributed by atoms with E-state index in [-0.39, 0.29) is 0 Å². The first-order valence-corrected chi connectivity index (χ1v) is 24.6. The van der Waals surface area contributed by atoms with Gasteiger partial charge in [-0.25, -0.2) is 0 Å². The van der Waals surface area contributed by atoms with E-state index in [0.29, 0.717) is 0 Å². The molecule has 2 aromatic heterocycles. The van der Waals surface area contributed by atoms with Crippen molar-refractivity contribution >= 4 is 85.8 Å². The van der Waals surface area contributed by atoms with Crippen LogP contribution >= 0.6 is 11.3 Å². The zero-order chi connectivity index (χ0) is 45.3. The first kappa shape index (κ1) is 38.5. The molecule has 1 nitrogen and oxygen atoms in total. The summed E-state index contributed by atoms with van der Waals surface area (Å²) in [5.41, 5.74) is 20.6. The van der Waals surface area contributed by atoms with Gasteiger partial charge in [-0.2, -0.15) is 0 Å². The van der Waals surface area contributed by atoms with E-state index in [0.717, 1.165) is 27.5 Å². The Morgan fingerprint density at radius 3 is 1.48 bits per heavy atom. The summed E-state index contributed by atoms with van der Waals surface area (Å²) in [5, 5.41) is 12.5. The van der Waals surface area contributed by atoms with E-state index in [4.69, 9.17) is 4.42 Å². The Labute approximate surface area is 402 Å². The Morgan fingerprint density at radius 1 is 0.275 bits per heavy atom. The average Bonchev–Trinajstić information content (AvgIpc) is 4.08. The third-order valence-electron chi connectivity index (χ3n) is 15.0. The topological polar surface area (TPSA) is 13.1 Å². The number of fused-ring (bicyclic) bond motifs is 11. The predicted molar refractivity (Wildman–Crippen MR) is 295 cm³/mol. The first-order valence-electron chi connectivity index (χ1n) is 23.8. The fourth-order valence-electron chi connectivity index (χ4n) is 12.0. The van der Waals surface area contributed by atoms with Crippen LogP contribution in [0.3, 0.4) is 0 Å². The highest BCUT2D eigenvalue weighted by atomic mass is 32.1. The molecule has 2 heteroatoms. The summed E-state index contributed by atoms with van der Waals surface area (Å²) in [4.78, 5) is 0. The fourth-order valence-corrected chi connectivity index (χ4v) is 13.1. The Balaban J connectivity index is 0.946. The van der Waals surface area contributed by atoms with Gasteiger partial charge in [0.25, 0.3) is 0 Å². The number of benzene rings is 12. The summed E-state index contributed by atoms with van der Waals surface area (Å²) in [7, 11) is 0. The van der Waals surface area contributed by atoms with E-state index in [2.05, 4.69) is 225 Å². The van der Waals surface area contributed by atoms with Crippen LogP contribution in [0.25, 0.3) is 152 Å². The summed E-state index contributed by atoms with van der Waals surface area (Å²) in [5.74, 6) is 0. The highest BCUT2D eigenvalue weighted by Crippen LogP contribution is 2.53. The van der Waals surface area contributed by atoms with Crippen LogP contribution in [0.1, 0.15) is 5.56 Å². The van der Waals surface area contributed by atoms with Crippen molar-refractivity contribution in [2.45, 2.75) is 6.92 Å². The first-order chi connectivity index (χ1) is 34.1. The number of rotatable bonds is 5. The monoisotopic (exact) mass is 892 g/mol. The van der Waals surface area contributed by atoms with Crippen LogP contribution in [0.4, 0.5) is 0 Å². The normalized spacial score (nSPS) is 12.1. The maximum atomic E-state index is 6.33. The molecule has 0 amide bonds. The van der Waals surface area contributed by atoms with E-state index in [1.165, 1.54) is 130 Å². The third kappa shape index (κ3) is 5.64. The van der Waals surface area contributed by atoms with Crippen molar-refractivity contribution in [1.29, 1.82) is 0 Å². The second kappa shape index (κ2) is 14.7. The standard InChI is InChI=1S/C67H40OS/c1-39-36-42(64-44(40-29-34-61-58(37-40)48-16-8-10-26-60(48)68-61)22-12-23-45(64)41-30-35-63-59(38-41)49-17-9-11-27-62(49)69-63)28-31-43(39)65-51-18-4-6-20-53(51)67(54-21-7-5-19-52(54)65)57-33-32-56-47-15-3-2-14-46(47)50-24-13-25-55(57)66(50)56/h2-38H,1H3. The van der Waals surface area contributed by atoms with Gasteiger partial charge in [-0.1, -0.05) is 188 Å². The number of aryl methyl sites for hydroxylation is 1. The lowest BCUT2D eigenvalue weighted by molar-refractivity contribution is 0.669. The van der Waals surface area contributed by atoms with Gasteiger partial charge in [0.05, 0.1) is 0 Å². The third-order valence-corrected chi connectivity index (χ3v) is 16.1. The zero-order valence-electron chi connectivity index (χ0n) is 37.7. The number of hydrogen-bond acceptors (Lipinski definition) is 2. The molecule has 0 radical (unpaired) electrons. The minimum Gasteiger partial charge on any atom is -0.456 e. The number of hydrogen-bond donors (Lipinski definition) is 0. The molecule has 15 rings (SSSR count). The molecular formula is C67H40OS. The van der Waals surface area contributed by atoms with Crippen LogP contribution < -0.4 is 0 Å². The lowest BCUT2D eigenvalue weighted by Gasteiger charge is -2.21. The van der Waals surface area contributed by atoms with Gasteiger partial charge in [-0.05, 0) is 159 Å². The summed E-state index contributed by atoms with van der Waals surface area (Å²) in [6, 6.07) is 83.4. The van der Waals surface area contributed by atoms with Crippen LogP contribution in [-0.2, 0) is 0 Å². The molecule has 0 saturated carbocycles. The van der Waals surface area contributed by atoms with Crippen molar-refractivity contribution in [3.63, 3.8) is 0 Å². The minimum absolute atomic E-state index is 0.900. The van der Waals surface area contributed by atoms with Gasteiger partial charge in [0, 0.05) is 30.9 Å². The van der Waals surface area contributed by atoms with Crippen molar-refractivity contribution in [3.8, 4) is 77.9 Å². The van der Waals surface area contributed by atoms with Crippen molar-refractivity contribution in [2.75, 3.05) is 0 Å². The van der Waals surface area contributed by atoms with Crippen molar-refractivity contribution < 1.29 is 4.42 Å². The van der Waals surface area contributed by atoms with Gasteiger partial charge < -0.3 is 4.42 Å². The molecular weight excluding hydrogens is 853 g/mol. The van der Waals surface area contributed by atoms with Crippen molar-refractivity contribution in [3.05, 3.63) is 230 Å². The molecule has 14 aromatic rings. The summed E-state index contributed by atoms with van der Waals surface area (Å²) in [6.07, 6.45) is 0. The fraction of sp³-hybridized carbons (Fsp3) is 0.0149. The highest BCUT2D eigenvalue weighted by molar-refractivity contribution is 7.25. The van der Waals surface area contributed by atoms with Gasteiger partial charge in [0.1, 0.15) is 11.2 Å². The Bertz CT molecular complexity index is 4290. The summed E-state index contributed by atoms with van der Waals surface area (Å²) < 4.78 is 8.95.